The van der Waals surface area contributed by atoms with E-state index in [0.29, 0.717) is 6.61 Å². The molecule has 0 aromatic carbocycles. The first-order valence-electron chi connectivity index (χ1n) is 5.57. The minimum atomic E-state index is -1.13. The predicted molar refractivity (Wildman–Crippen MR) is 67.1 cm³/mol. The van der Waals surface area contributed by atoms with Gasteiger partial charge in [-0.2, -0.15) is 0 Å². The summed E-state index contributed by atoms with van der Waals surface area (Å²) in [6, 6.07) is -0.0790. The van der Waals surface area contributed by atoms with Crippen LogP contribution in [-0.2, 0) is 4.74 Å². The largest absolute Gasteiger partial charge is 0.476 e. The molecule has 1 atom stereocenters. The van der Waals surface area contributed by atoms with E-state index in [-0.39, 0.29) is 22.7 Å². The number of hydrogen-bond donors (Lipinski definition) is 2. The lowest BCUT2D eigenvalue weighted by Gasteiger charge is -2.15. The molecule has 0 radical (unpaired) electrons. The first-order valence-corrected chi connectivity index (χ1v) is 6.45. The first kappa shape index (κ1) is 14.6. The van der Waals surface area contributed by atoms with Crippen molar-refractivity contribution >= 4 is 23.2 Å². The molecular formula is C11H16N2O4S. The molecule has 2 N–H and O–H groups in total. The Morgan fingerprint density at radius 1 is 1.61 bits per heavy atom. The van der Waals surface area contributed by atoms with Crippen LogP contribution < -0.4 is 5.32 Å². The van der Waals surface area contributed by atoms with Gasteiger partial charge in [-0.15, -0.1) is 11.3 Å². The van der Waals surface area contributed by atoms with Crippen molar-refractivity contribution in [1.29, 1.82) is 0 Å². The quantitative estimate of drug-likeness (QED) is 0.783. The molecule has 6 nitrogen and oxygen atoms in total. The molecule has 0 aliphatic rings. The number of nitrogens with zero attached hydrogens (tertiary/aromatic N) is 1. The Balaban J connectivity index is 2.64. The highest BCUT2D eigenvalue weighted by molar-refractivity contribution is 7.11. The van der Waals surface area contributed by atoms with Gasteiger partial charge in [0.1, 0.15) is 0 Å². The number of aromatic nitrogens is 1. The number of carboxylic acid groups (broad SMARTS) is 1. The maximum atomic E-state index is 11.8. The molecule has 0 saturated carbocycles. The summed E-state index contributed by atoms with van der Waals surface area (Å²) in [5, 5.41) is 13.0. The molecule has 0 spiro atoms. The van der Waals surface area contributed by atoms with E-state index in [4.69, 9.17) is 9.84 Å². The van der Waals surface area contributed by atoms with Crippen LogP contribution in [0.25, 0.3) is 0 Å². The summed E-state index contributed by atoms with van der Waals surface area (Å²) >= 11 is 1.02. The Morgan fingerprint density at radius 3 is 2.83 bits per heavy atom. The summed E-state index contributed by atoms with van der Waals surface area (Å²) < 4.78 is 5.01. The van der Waals surface area contributed by atoms with E-state index in [1.54, 1.807) is 7.11 Å². The third-order valence-corrected chi connectivity index (χ3v) is 3.10. The van der Waals surface area contributed by atoms with Crippen LogP contribution in [0.4, 0.5) is 0 Å². The van der Waals surface area contributed by atoms with E-state index in [0.717, 1.165) is 24.2 Å². The molecule has 0 saturated heterocycles. The van der Waals surface area contributed by atoms with Crippen LogP contribution in [-0.4, -0.2) is 41.7 Å². The minimum Gasteiger partial charge on any atom is -0.476 e. The molecule has 1 aromatic rings. The number of carbonyl (C=O) groups excluding carboxylic acids is 1. The lowest BCUT2D eigenvalue weighted by atomic mass is 10.2. The maximum Gasteiger partial charge on any atom is 0.355 e. The van der Waals surface area contributed by atoms with Gasteiger partial charge in [0, 0.05) is 12.5 Å². The van der Waals surface area contributed by atoms with Gasteiger partial charge in [0.25, 0.3) is 5.91 Å². The van der Waals surface area contributed by atoms with Crippen LogP contribution in [0.1, 0.15) is 40.1 Å². The summed E-state index contributed by atoms with van der Waals surface area (Å²) in [6.45, 7) is 2.44. The van der Waals surface area contributed by atoms with Crippen molar-refractivity contribution in [3.8, 4) is 0 Å². The predicted octanol–water partition coefficient (Wildman–Crippen LogP) is 1.39. The number of rotatable bonds is 7. The Labute approximate surface area is 109 Å². The highest BCUT2D eigenvalue weighted by Crippen LogP contribution is 2.10. The molecule has 7 heteroatoms. The number of thiazole rings is 1. The second kappa shape index (κ2) is 7.07. The van der Waals surface area contributed by atoms with Crippen molar-refractivity contribution in [1.82, 2.24) is 10.3 Å². The maximum absolute atomic E-state index is 11.8. The summed E-state index contributed by atoms with van der Waals surface area (Å²) in [4.78, 5) is 26.2. The second-order valence-electron chi connectivity index (χ2n) is 3.76. The average Bonchev–Trinajstić information content (AvgIpc) is 2.79. The number of methoxy groups -OCH3 is 1. The molecule has 0 bridgehead atoms. The molecule has 100 valence electrons. The van der Waals surface area contributed by atoms with Gasteiger partial charge in [0.2, 0.25) is 0 Å². The number of ether oxygens (including phenoxy) is 1. The van der Waals surface area contributed by atoms with Gasteiger partial charge in [0.15, 0.2) is 10.7 Å². The Kier molecular flexibility index (Phi) is 5.73. The zero-order chi connectivity index (χ0) is 13.5. The van der Waals surface area contributed by atoms with Crippen LogP contribution in [0.2, 0.25) is 0 Å². The van der Waals surface area contributed by atoms with Gasteiger partial charge in [-0.1, -0.05) is 13.3 Å². The number of nitrogens with one attached hydrogen (secondary N) is 1. The van der Waals surface area contributed by atoms with Crippen LogP contribution in [0.5, 0.6) is 0 Å². The van der Waals surface area contributed by atoms with Crippen LogP contribution >= 0.6 is 11.3 Å². The van der Waals surface area contributed by atoms with Gasteiger partial charge >= 0.3 is 5.97 Å². The van der Waals surface area contributed by atoms with E-state index in [2.05, 4.69) is 10.3 Å². The molecule has 0 aliphatic carbocycles. The van der Waals surface area contributed by atoms with Gasteiger partial charge in [-0.05, 0) is 6.42 Å². The number of carbonyl (C=O) groups is 2. The number of hydrogen-bond acceptors (Lipinski definition) is 5. The zero-order valence-corrected chi connectivity index (χ0v) is 11.1. The van der Waals surface area contributed by atoms with Gasteiger partial charge in [0.05, 0.1) is 12.6 Å². The second-order valence-corrected chi connectivity index (χ2v) is 4.62. The summed E-state index contributed by atoms with van der Waals surface area (Å²) in [5.41, 5.74) is -0.107. The first-order chi connectivity index (χ1) is 8.58. The molecule has 1 rings (SSSR count). The van der Waals surface area contributed by atoms with Crippen LogP contribution in [0.15, 0.2) is 5.38 Å². The average molecular weight is 272 g/mol. The molecular weight excluding hydrogens is 256 g/mol. The Morgan fingerprint density at radius 2 is 2.33 bits per heavy atom. The summed E-state index contributed by atoms with van der Waals surface area (Å²) in [7, 11) is 1.57. The van der Waals surface area contributed by atoms with E-state index in [1.807, 2.05) is 6.92 Å². The van der Waals surface area contributed by atoms with Crippen molar-refractivity contribution in [2.24, 2.45) is 0 Å². The molecule has 1 unspecified atom stereocenters. The fraction of sp³-hybridized carbons (Fsp3) is 0.545. The Bertz CT molecular complexity index is 413. The number of amides is 1. The fourth-order valence-electron chi connectivity index (χ4n) is 1.47. The fourth-order valence-corrected chi connectivity index (χ4v) is 2.16. The summed E-state index contributed by atoms with van der Waals surface area (Å²) in [6.07, 6.45) is 1.73. The molecule has 18 heavy (non-hydrogen) atoms. The molecule has 1 amide bonds. The van der Waals surface area contributed by atoms with Crippen LogP contribution in [0, 0.1) is 0 Å². The molecule has 0 fully saturated rings. The van der Waals surface area contributed by atoms with Crippen LogP contribution in [0.3, 0.4) is 0 Å². The molecule has 0 aliphatic heterocycles. The van der Waals surface area contributed by atoms with Gasteiger partial charge < -0.3 is 15.2 Å². The molecule has 1 heterocycles. The van der Waals surface area contributed by atoms with Gasteiger partial charge in [-0.3, -0.25) is 4.79 Å². The third kappa shape index (κ3) is 4.08. The van der Waals surface area contributed by atoms with Crippen molar-refractivity contribution in [2.45, 2.75) is 25.8 Å². The number of carboxylic acids is 1. The monoisotopic (exact) mass is 272 g/mol. The highest BCUT2D eigenvalue weighted by Gasteiger charge is 2.17. The van der Waals surface area contributed by atoms with E-state index < -0.39 is 5.97 Å². The lowest BCUT2D eigenvalue weighted by Crippen LogP contribution is -2.37. The van der Waals surface area contributed by atoms with Crippen molar-refractivity contribution in [3.63, 3.8) is 0 Å². The molecule has 1 aromatic heterocycles. The minimum absolute atomic E-state index is 0.0790. The highest BCUT2D eigenvalue weighted by atomic mass is 32.1. The van der Waals surface area contributed by atoms with E-state index in [1.165, 1.54) is 5.38 Å². The Hall–Kier alpha value is -1.47. The van der Waals surface area contributed by atoms with E-state index >= 15 is 0 Å². The smallest absolute Gasteiger partial charge is 0.355 e. The number of aromatic carboxylic acids is 1. The van der Waals surface area contributed by atoms with Crippen molar-refractivity contribution in [2.75, 3.05) is 13.7 Å². The summed E-state index contributed by atoms with van der Waals surface area (Å²) in [5.74, 6) is -1.49. The normalized spacial score (nSPS) is 12.1. The SMILES string of the molecule is CCCC(COC)NC(=O)c1nc(C(=O)O)cs1. The standard InChI is InChI=1S/C11H16N2O4S/c1-3-4-7(5-17-2)12-9(14)10-13-8(6-18-10)11(15)16/h6-7H,3-5H2,1-2H3,(H,12,14)(H,15,16). The van der Waals surface area contributed by atoms with Crippen molar-refractivity contribution < 1.29 is 19.4 Å². The lowest BCUT2D eigenvalue weighted by molar-refractivity contribution is 0.0691. The third-order valence-electron chi connectivity index (χ3n) is 2.26. The zero-order valence-electron chi connectivity index (χ0n) is 10.3. The topological polar surface area (TPSA) is 88.5 Å². The van der Waals surface area contributed by atoms with Gasteiger partial charge in [-0.25, -0.2) is 9.78 Å². The van der Waals surface area contributed by atoms with Crippen molar-refractivity contribution in [3.05, 3.63) is 16.1 Å². The van der Waals surface area contributed by atoms with E-state index in [9.17, 15) is 9.59 Å².